The number of carbonyl (C=O) groups is 1. The van der Waals surface area contributed by atoms with Gasteiger partial charge in [-0.15, -0.1) is 10.2 Å². The number of nitrogen functional groups attached to an aromatic ring is 1. The van der Waals surface area contributed by atoms with Gasteiger partial charge in [0, 0.05) is 11.6 Å². The Balaban J connectivity index is 1.20. The lowest BCUT2D eigenvalue weighted by molar-refractivity contribution is -0.123. The number of nitrogens with one attached hydrogen (secondary N) is 1. The molecule has 4 aliphatic rings. The fraction of sp³-hybridized carbons (Fsp3) is 0.591. The summed E-state index contributed by atoms with van der Waals surface area (Å²) in [5.74, 6) is 8.93. The number of benzene rings is 1. The second-order valence-electron chi connectivity index (χ2n) is 9.54. The van der Waals surface area contributed by atoms with Gasteiger partial charge in [-0.25, -0.2) is 9.07 Å². The number of nitrogens with zero attached hydrogens (tertiary/aromatic N) is 3. The molecule has 0 radical (unpaired) electrons. The SMILES string of the molecule is CC(NC(=O)CSc1nnc(-c2cccc(F)c2)n1N)C12CC3CC(CC(C3)C1)C2. The van der Waals surface area contributed by atoms with Crippen LogP contribution in [0.3, 0.4) is 0 Å². The van der Waals surface area contributed by atoms with E-state index in [1.165, 1.54) is 67.1 Å². The van der Waals surface area contributed by atoms with E-state index in [-0.39, 0.29) is 28.9 Å². The molecule has 2 aromatic rings. The van der Waals surface area contributed by atoms with E-state index >= 15 is 0 Å². The van der Waals surface area contributed by atoms with Crippen LogP contribution in [-0.2, 0) is 4.79 Å². The van der Waals surface area contributed by atoms with Crippen molar-refractivity contribution in [1.82, 2.24) is 20.2 Å². The maximum absolute atomic E-state index is 13.5. The summed E-state index contributed by atoms with van der Waals surface area (Å²) in [5, 5.41) is 11.8. The van der Waals surface area contributed by atoms with E-state index in [1.807, 2.05) is 0 Å². The molecule has 0 spiro atoms. The van der Waals surface area contributed by atoms with Gasteiger partial charge in [0.2, 0.25) is 11.1 Å². The molecule has 1 atom stereocenters. The lowest BCUT2D eigenvalue weighted by Gasteiger charge is -2.59. The zero-order valence-electron chi connectivity index (χ0n) is 17.2. The minimum atomic E-state index is -0.359. The molecule has 0 aliphatic heterocycles. The van der Waals surface area contributed by atoms with Crippen molar-refractivity contribution in [2.45, 2.75) is 56.6 Å². The summed E-state index contributed by atoms with van der Waals surface area (Å²) in [6, 6.07) is 6.25. The average molecular weight is 430 g/mol. The number of amides is 1. The molecule has 3 N–H and O–H groups in total. The van der Waals surface area contributed by atoms with Crippen LogP contribution in [-0.4, -0.2) is 32.6 Å². The molecule has 4 bridgehead atoms. The number of hydrogen-bond donors (Lipinski definition) is 2. The van der Waals surface area contributed by atoms with Crippen LogP contribution in [0.1, 0.15) is 45.4 Å². The van der Waals surface area contributed by atoms with Gasteiger partial charge >= 0.3 is 0 Å². The van der Waals surface area contributed by atoms with Gasteiger partial charge in [-0.2, -0.15) is 0 Å². The zero-order valence-corrected chi connectivity index (χ0v) is 18.0. The topological polar surface area (TPSA) is 85.8 Å². The summed E-state index contributed by atoms with van der Waals surface area (Å²) in [6.07, 6.45) is 7.99. The molecule has 1 amide bonds. The van der Waals surface area contributed by atoms with Gasteiger partial charge in [0.1, 0.15) is 5.82 Å². The maximum atomic E-state index is 13.5. The number of carbonyl (C=O) groups excluding carboxylic acids is 1. The molecule has 4 fully saturated rings. The van der Waals surface area contributed by atoms with Crippen molar-refractivity contribution in [2.75, 3.05) is 11.6 Å². The van der Waals surface area contributed by atoms with E-state index < -0.39 is 0 Å². The van der Waals surface area contributed by atoms with Crippen LogP contribution >= 0.6 is 11.8 Å². The average Bonchev–Trinajstić information content (AvgIpc) is 3.06. The van der Waals surface area contributed by atoms with Gasteiger partial charge < -0.3 is 11.2 Å². The first-order valence-corrected chi connectivity index (χ1v) is 11.8. The van der Waals surface area contributed by atoms with Crippen LogP contribution in [0.4, 0.5) is 4.39 Å². The summed E-state index contributed by atoms with van der Waals surface area (Å²) in [5.41, 5.74) is 0.838. The molecule has 6 rings (SSSR count). The number of halogens is 1. The van der Waals surface area contributed by atoms with Gasteiger partial charge in [0.25, 0.3) is 0 Å². The van der Waals surface area contributed by atoms with Crippen LogP contribution in [0.2, 0.25) is 0 Å². The van der Waals surface area contributed by atoms with Crippen molar-refractivity contribution in [3.63, 3.8) is 0 Å². The van der Waals surface area contributed by atoms with E-state index in [9.17, 15) is 9.18 Å². The normalized spacial score (nSPS) is 30.4. The van der Waals surface area contributed by atoms with Crippen molar-refractivity contribution in [1.29, 1.82) is 0 Å². The molecule has 160 valence electrons. The van der Waals surface area contributed by atoms with E-state index in [2.05, 4.69) is 22.4 Å². The first kappa shape index (κ1) is 19.8. The molecule has 1 aromatic heterocycles. The highest BCUT2D eigenvalue weighted by molar-refractivity contribution is 7.99. The minimum absolute atomic E-state index is 0.00134. The Kier molecular flexibility index (Phi) is 5.00. The third-order valence-electron chi connectivity index (χ3n) is 7.46. The summed E-state index contributed by atoms with van der Waals surface area (Å²) >= 11 is 1.25. The minimum Gasteiger partial charge on any atom is -0.352 e. The van der Waals surface area contributed by atoms with Crippen LogP contribution < -0.4 is 11.2 Å². The smallest absolute Gasteiger partial charge is 0.230 e. The van der Waals surface area contributed by atoms with Gasteiger partial charge in [0.05, 0.1) is 5.75 Å². The van der Waals surface area contributed by atoms with Crippen molar-refractivity contribution in [3.05, 3.63) is 30.1 Å². The van der Waals surface area contributed by atoms with Gasteiger partial charge in [-0.05, 0) is 80.8 Å². The summed E-state index contributed by atoms with van der Waals surface area (Å²) < 4.78 is 14.8. The van der Waals surface area contributed by atoms with Crippen LogP contribution in [0.15, 0.2) is 29.4 Å². The van der Waals surface area contributed by atoms with Gasteiger partial charge in [-0.1, -0.05) is 23.9 Å². The lowest BCUT2D eigenvalue weighted by atomic mass is 9.48. The summed E-state index contributed by atoms with van der Waals surface area (Å²) in [4.78, 5) is 12.7. The standard InChI is InChI=1S/C22H28FN5OS/c1-13(22-9-14-5-15(10-22)7-16(6-14)11-22)25-19(29)12-30-21-27-26-20(28(21)24)17-3-2-4-18(23)8-17/h2-4,8,13-16H,5-7,9-12,24H2,1H3,(H,25,29). The van der Waals surface area contributed by atoms with Gasteiger partial charge in [-0.3, -0.25) is 4.79 Å². The number of aromatic nitrogens is 3. The van der Waals surface area contributed by atoms with Crippen molar-refractivity contribution in [2.24, 2.45) is 23.2 Å². The maximum Gasteiger partial charge on any atom is 0.230 e. The fourth-order valence-electron chi connectivity index (χ4n) is 6.47. The molecule has 0 saturated heterocycles. The molecule has 30 heavy (non-hydrogen) atoms. The fourth-order valence-corrected chi connectivity index (χ4v) is 7.14. The molecule has 1 unspecified atom stereocenters. The Hall–Kier alpha value is -2.09. The van der Waals surface area contributed by atoms with Crippen molar-refractivity contribution >= 4 is 17.7 Å². The zero-order chi connectivity index (χ0) is 20.9. The first-order chi connectivity index (χ1) is 14.4. The monoisotopic (exact) mass is 429 g/mol. The van der Waals surface area contributed by atoms with E-state index in [0.29, 0.717) is 16.5 Å². The summed E-state index contributed by atoms with van der Waals surface area (Å²) in [6.45, 7) is 2.18. The lowest BCUT2D eigenvalue weighted by Crippen LogP contribution is -2.56. The summed E-state index contributed by atoms with van der Waals surface area (Å²) in [7, 11) is 0. The second kappa shape index (κ2) is 7.55. The first-order valence-electron chi connectivity index (χ1n) is 10.8. The van der Waals surface area contributed by atoms with Crippen LogP contribution in [0, 0.1) is 29.0 Å². The Bertz CT molecular complexity index is 925. The predicted molar refractivity (Wildman–Crippen MR) is 115 cm³/mol. The predicted octanol–water partition coefficient (Wildman–Crippen LogP) is 3.61. The highest BCUT2D eigenvalue weighted by Gasteiger charge is 2.53. The Labute approximate surface area is 180 Å². The number of nitrogens with two attached hydrogens (primary N) is 1. The quantitative estimate of drug-likeness (QED) is 0.541. The molecular weight excluding hydrogens is 401 g/mol. The molecular formula is C22H28FN5OS. The number of hydrogen-bond acceptors (Lipinski definition) is 5. The third-order valence-corrected chi connectivity index (χ3v) is 8.40. The number of rotatable bonds is 6. The van der Waals surface area contributed by atoms with E-state index in [0.717, 1.165) is 17.8 Å². The Morgan fingerprint density at radius 3 is 2.57 bits per heavy atom. The van der Waals surface area contributed by atoms with Crippen LogP contribution in [0.25, 0.3) is 11.4 Å². The largest absolute Gasteiger partial charge is 0.352 e. The van der Waals surface area contributed by atoms with E-state index in [4.69, 9.17) is 5.84 Å². The highest BCUT2D eigenvalue weighted by atomic mass is 32.2. The van der Waals surface area contributed by atoms with Gasteiger partial charge in [0.15, 0.2) is 5.82 Å². The third kappa shape index (κ3) is 3.59. The molecule has 6 nitrogen and oxygen atoms in total. The highest BCUT2D eigenvalue weighted by Crippen LogP contribution is 2.61. The molecule has 1 heterocycles. The molecule has 4 saturated carbocycles. The second-order valence-corrected chi connectivity index (χ2v) is 10.5. The van der Waals surface area contributed by atoms with Crippen LogP contribution in [0.5, 0.6) is 0 Å². The Morgan fingerprint density at radius 2 is 1.93 bits per heavy atom. The van der Waals surface area contributed by atoms with E-state index in [1.54, 1.807) is 12.1 Å². The molecule has 4 aliphatic carbocycles. The number of thioether (sulfide) groups is 1. The Morgan fingerprint density at radius 1 is 1.27 bits per heavy atom. The van der Waals surface area contributed by atoms with Crippen molar-refractivity contribution in [3.8, 4) is 11.4 Å². The van der Waals surface area contributed by atoms with Crippen molar-refractivity contribution < 1.29 is 9.18 Å². The molecule has 1 aromatic carbocycles. The molecule has 8 heteroatoms.